The van der Waals surface area contributed by atoms with Crippen LogP contribution in [0.5, 0.6) is 5.75 Å². The van der Waals surface area contributed by atoms with E-state index in [0.717, 1.165) is 50.5 Å². The highest BCUT2D eigenvalue weighted by Crippen LogP contribution is 2.41. The van der Waals surface area contributed by atoms with Gasteiger partial charge >= 0.3 is 0 Å². The molecule has 1 aliphatic carbocycles. The number of nitrogens with zero attached hydrogens (tertiary/aromatic N) is 4. The molecular formula is C29H24N4O2. The summed E-state index contributed by atoms with van der Waals surface area (Å²) in [6.45, 7) is 1.98. The van der Waals surface area contributed by atoms with Gasteiger partial charge in [-0.1, -0.05) is 36.4 Å². The number of pyridine rings is 2. The average Bonchev–Trinajstić information content (AvgIpc) is 3.24. The van der Waals surface area contributed by atoms with E-state index in [2.05, 4.69) is 4.98 Å². The van der Waals surface area contributed by atoms with Gasteiger partial charge in [0.05, 0.1) is 29.6 Å². The molecule has 1 atom stereocenters. The van der Waals surface area contributed by atoms with Crippen LogP contribution >= 0.6 is 0 Å². The first-order valence-electron chi connectivity index (χ1n) is 11.7. The number of ether oxygens (including phenoxy) is 1. The Hall–Kier alpha value is -4.32. The molecule has 0 amide bonds. The maximum atomic E-state index is 13.7. The fourth-order valence-electron chi connectivity index (χ4n) is 5.10. The monoisotopic (exact) mass is 460 g/mol. The summed E-state index contributed by atoms with van der Waals surface area (Å²) in [5, 5.41) is 5.75. The van der Waals surface area contributed by atoms with Gasteiger partial charge in [0.15, 0.2) is 11.4 Å². The number of carbonyl (C=O) groups is 1. The molecular weight excluding hydrogens is 436 g/mol. The number of hydrogen-bond acceptors (Lipinski definition) is 5. The van der Waals surface area contributed by atoms with Crippen LogP contribution < -0.4 is 4.74 Å². The molecule has 6 heteroatoms. The second-order valence-corrected chi connectivity index (χ2v) is 8.88. The van der Waals surface area contributed by atoms with Crippen LogP contribution in [0.25, 0.3) is 27.8 Å². The Kier molecular flexibility index (Phi) is 5.14. The Morgan fingerprint density at radius 3 is 2.46 bits per heavy atom. The lowest BCUT2D eigenvalue weighted by Gasteiger charge is -2.26. The number of ketones is 1. The molecule has 0 saturated heterocycles. The predicted molar refractivity (Wildman–Crippen MR) is 135 cm³/mol. The maximum Gasteiger partial charge on any atom is 0.165 e. The third kappa shape index (κ3) is 3.58. The zero-order valence-corrected chi connectivity index (χ0v) is 19.6. The normalized spacial score (nSPS) is 15.3. The van der Waals surface area contributed by atoms with E-state index in [1.807, 2.05) is 84.5 Å². The third-order valence-electron chi connectivity index (χ3n) is 6.75. The molecule has 0 spiro atoms. The molecule has 0 unspecified atom stereocenters. The minimum atomic E-state index is 0.0572. The van der Waals surface area contributed by atoms with Gasteiger partial charge in [0.2, 0.25) is 0 Å². The Morgan fingerprint density at radius 2 is 1.74 bits per heavy atom. The zero-order chi connectivity index (χ0) is 23.9. The largest absolute Gasteiger partial charge is 0.497 e. The van der Waals surface area contributed by atoms with Crippen LogP contribution in [-0.4, -0.2) is 32.6 Å². The summed E-state index contributed by atoms with van der Waals surface area (Å²) >= 11 is 0. The fourth-order valence-corrected chi connectivity index (χ4v) is 5.10. The minimum absolute atomic E-state index is 0.0572. The average molecular weight is 461 g/mol. The smallest absolute Gasteiger partial charge is 0.165 e. The molecule has 0 bridgehead atoms. The van der Waals surface area contributed by atoms with E-state index < -0.39 is 0 Å². The number of para-hydroxylation sites is 1. The highest BCUT2D eigenvalue weighted by Gasteiger charge is 2.33. The Bertz CT molecular complexity index is 1540. The molecule has 3 heterocycles. The number of benzene rings is 2. The van der Waals surface area contributed by atoms with Crippen molar-refractivity contribution in [3.63, 3.8) is 0 Å². The second kappa shape index (κ2) is 8.47. The lowest BCUT2D eigenvalue weighted by Crippen LogP contribution is -2.21. The van der Waals surface area contributed by atoms with Gasteiger partial charge < -0.3 is 4.74 Å². The number of Topliss-reactive ketones (excluding diaryl/α,β-unsaturated/α-hetero) is 1. The summed E-state index contributed by atoms with van der Waals surface area (Å²) in [6.07, 6.45) is 4.68. The Balaban J connectivity index is 1.59. The highest BCUT2D eigenvalue weighted by atomic mass is 16.5. The van der Waals surface area contributed by atoms with Crippen LogP contribution in [0.1, 0.15) is 39.6 Å². The fraction of sp³-hybridized carbons (Fsp3) is 0.172. The van der Waals surface area contributed by atoms with E-state index in [1.54, 1.807) is 13.3 Å². The number of hydrogen-bond donors (Lipinski definition) is 0. The van der Waals surface area contributed by atoms with Gasteiger partial charge in [0.1, 0.15) is 5.75 Å². The van der Waals surface area contributed by atoms with Crippen molar-refractivity contribution in [1.82, 2.24) is 19.7 Å². The van der Waals surface area contributed by atoms with E-state index in [1.165, 1.54) is 0 Å². The van der Waals surface area contributed by atoms with E-state index in [9.17, 15) is 4.79 Å². The first kappa shape index (κ1) is 21.2. The molecule has 172 valence electrons. The second-order valence-electron chi connectivity index (χ2n) is 8.88. The number of methoxy groups -OCH3 is 1. The molecule has 2 aromatic carbocycles. The molecule has 0 N–H and O–H groups in total. The van der Waals surface area contributed by atoms with E-state index >= 15 is 0 Å². The van der Waals surface area contributed by atoms with Crippen molar-refractivity contribution >= 4 is 16.8 Å². The standard InChI is InChI=1S/C29H24N4O2/c1-18-26-27(20-7-6-14-30-17-20)28-24(31-29(26)33(32-18)22-8-4-3-5-9-22)15-21(16-25(28)34)19-10-12-23(35-2)13-11-19/h3-14,17,21H,15-16H2,1-2H3/t21-/m0/s1. The molecule has 1 aliphatic rings. The molecule has 5 aromatic rings. The third-order valence-corrected chi connectivity index (χ3v) is 6.75. The topological polar surface area (TPSA) is 69.9 Å². The minimum Gasteiger partial charge on any atom is -0.497 e. The van der Waals surface area contributed by atoms with Crippen LogP contribution in [0.15, 0.2) is 79.1 Å². The van der Waals surface area contributed by atoms with Gasteiger partial charge in [-0.2, -0.15) is 5.10 Å². The number of aryl methyl sites for hydroxylation is 1. The molecule has 6 nitrogen and oxygen atoms in total. The van der Waals surface area contributed by atoms with E-state index in [0.29, 0.717) is 18.4 Å². The van der Waals surface area contributed by atoms with E-state index in [4.69, 9.17) is 14.8 Å². The molecule has 6 rings (SSSR count). The van der Waals surface area contributed by atoms with Crippen molar-refractivity contribution in [1.29, 1.82) is 0 Å². The van der Waals surface area contributed by atoms with Gasteiger partial charge in [0.25, 0.3) is 0 Å². The van der Waals surface area contributed by atoms with E-state index in [-0.39, 0.29) is 11.7 Å². The van der Waals surface area contributed by atoms with Crippen molar-refractivity contribution < 1.29 is 9.53 Å². The molecule has 3 aromatic heterocycles. The molecule has 0 fully saturated rings. The summed E-state index contributed by atoms with van der Waals surface area (Å²) in [6, 6.07) is 21.9. The summed E-state index contributed by atoms with van der Waals surface area (Å²) in [4.78, 5) is 23.1. The van der Waals surface area contributed by atoms with Crippen LogP contribution in [-0.2, 0) is 6.42 Å². The van der Waals surface area contributed by atoms with Crippen LogP contribution in [0.3, 0.4) is 0 Å². The molecule has 35 heavy (non-hydrogen) atoms. The molecule has 0 aliphatic heterocycles. The van der Waals surface area contributed by atoms with Crippen molar-refractivity contribution in [2.24, 2.45) is 0 Å². The number of rotatable bonds is 4. The van der Waals surface area contributed by atoms with Crippen molar-refractivity contribution in [2.45, 2.75) is 25.7 Å². The zero-order valence-electron chi connectivity index (χ0n) is 19.6. The molecule has 0 saturated carbocycles. The van der Waals surface area contributed by atoms with Gasteiger partial charge in [0, 0.05) is 35.5 Å². The number of fused-ring (bicyclic) bond motifs is 2. The van der Waals surface area contributed by atoms with Gasteiger partial charge in [-0.05, 0) is 55.2 Å². The van der Waals surface area contributed by atoms with Crippen LogP contribution in [0.2, 0.25) is 0 Å². The highest BCUT2D eigenvalue weighted by molar-refractivity contribution is 6.11. The summed E-state index contributed by atoms with van der Waals surface area (Å²) in [5.74, 6) is 0.964. The summed E-state index contributed by atoms with van der Waals surface area (Å²) in [5.41, 5.74) is 6.94. The number of carbonyl (C=O) groups excluding carboxylic acids is 1. The van der Waals surface area contributed by atoms with Gasteiger partial charge in [-0.3, -0.25) is 9.78 Å². The Labute approximate surface area is 203 Å². The quantitative estimate of drug-likeness (QED) is 0.343. The van der Waals surface area contributed by atoms with Crippen LogP contribution in [0, 0.1) is 6.92 Å². The van der Waals surface area contributed by atoms with Crippen molar-refractivity contribution in [2.75, 3.05) is 7.11 Å². The lowest BCUT2D eigenvalue weighted by molar-refractivity contribution is 0.0964. The maximum absolute atomic E-state index is 13.7. The van der Waals surface area contributed by atoms with Gasteiger partial charge in [-0.15, -0.1) is 0 Å². The van der Waals surface area contributed by atoms with Gasteiger partial charge in [-0.25, -0.2) is 9.67 Å². The van der Waals surface area contributed by atoms with Crippen molar-refractivity contribution in [3.05, 3.63) is 102 Å². The number of aromatic nitrogens is 4. The first-order valence-corrected chi connectivity index (χ1v) is 11.7. The first-order chi connectivity index (χ1) is 17.1. The predicted octanol–water partition coefficient (Wildman–Crippen LogP) is 5.71. The summed E-state index contributed by atoms with van der Waals surface area (Å²) in [7, 11) is 1.66. The Morgan fingerprint density at radius 1 is 0.943 bits per heavy atom. The molecule has 0 radical (unpaired) electrons. The van der Waals surface area contributed by atoms with Crippen LogP contribution in [0.4, 0.5) is 0 Å². The summed E-state index contributed by atoms with van der Waals surface area (Å²) < 4.78 is 7.19. The lowest BCUT2D eigenvalue weighted by atomic mass is 9.78. The van der Waals surface area contributed by atoms with Crippen molar-refractivity contribution in [3.8, 4) is 22.6 Å². The SMILES string of the molecule is COc1ccc([C@@H]2CC(=O)c3c(nc4c(c(C)nn4-c4ccccc4)c3-c3cccnc3)C2)cc1.